The molecular weight excluding hydrogens is 242 g/mol. The number of methoxy groups -OCH3 is 1. The van der Waals surface area contributed by atoms with Crippen LogP contribution in [-0.4, -0.2) is 30.2 Å². The lowest BCUT2D eigenvalue weighted by Gasteiger charge is -2.15. The number of aromatic amines is 1. The molecule has 0 bridgehead atoms. The minimum Gasteiger partial charge on any atom is -0.385 e. The molecule has 1 atom stereocenters. The normalized spacial score (nSPS) is 12.6. The van der Waals surface area contributed by atoms with E-state index in [-0.39, 0.29) is 11.6 Å². The number of nitrogens with one attached hydrogen (secondary N) is 2. The molecule has 0 spiro atoms. The van der Waals surface area contributed by atoms with Crippen molar-refractivity contribution in [1.82, 2.24) is 15.3 Å². The lowest BCUT2D eigenvalue weighted by molar-refractivity contribution is 0.192. The Morgan fingerprint density at radius 3 is 2.68 bits per heavy atom. The molecule has 1 unspecified atom stereocenters. The topological polar surface area (TPSA) is 67.0 Å². The zero-order valence-electron chi connectivity index (χ0n) is 12.4. The van der Waals surface area contributed by atoms with Crippen molar-refractivity contribution < 1.29 is 4.74 Å². The second kappa shape index (κ2) is 8.07. The van der Waals surface area contributed by atoms with Crippen LogP contribution in [0.4, 0.5) is 0 Å². The molecular formula is C14H25N3O2. The fourth-order valence-corrected chi connectivity index (χ4v) is 2.21. The van der Waals surface area contributed by atoms with Crippen molar-refractivity contribution in [3.63, 3.8) is 0 Å². The molecule has 5 nitrogen and oxygen atoms in total. The Bertz CT molecular complexity index is 443. The number of hydrogen-bond donors (Lipinski definition) is 2. The van der Waals surface area contributed by atoms with Gasteiger partial charge in [0.05, 0.1) is 5.56 Å². The molecule has 19 heavy (non-hydrogen) atoms. The lowest BCUT2D eigenvalue weighted by Crippen LogP contribution is -2.28. The third-order valence-electron chi connectivity index (χ3n) is 3.17. The first-order valence-corrected chi connectivity index (χ1v) is 6.86. The highest BCUT2D eigenvalue weighted by atomic mass is 16.5. The van der Waals surface area contributed by atoms with Gasteiger partial charge < -0.3 is 15.0 Å². The molecule has 0 radical (unpaired) electrons. The smallest absolute Gasteiger partial charge is 0.255 e. The third kappa shape index (κ3) is 5.12. The van der Waals surface area contributed by atoms with Crippen molar-refractivity contribution in [3.8, 4) is 0 Å². The first-order chi connectivity index (χ1) is 9.06. The molecule has 0 fully saturated rings. The Balaban J connectivity index is 2.46. The minimum atomic E-state index is -0.0376. The fraction of sp³-hybridized carbons (Fsp3) is 0.714. The Kier molecular flexibility index (Phi) is 6.73. The predicted octanol–water partition coefficient (Wildman–Crippen LogP) is 1.85. The van der Waals surface area contributed by atoms with Crippen LogP contribution < -0.4 is 10.9 Å². The van der Waals surface area contributed by atoms with Crippen LogP contribution in [-0.2, 0) is 4.74 Å². The summed E-state index contributed by atoms with van der Waals surface area (Å²) < 4.78 is 5.01. The molecule has 5 heteroatoms. The number of unbranched alkanes of at least 4 members (excludes halogenated alkanes) is 2. The monoisotopic (exact) mass is 267 g/mol. The third-order valence-corrected chi connectivity index (χ3v) is 3.17. The maximum atomic E-state index is 11.9. The molecule has 1 rings (SSSR count). The fourth-order valence-electron chi connectivity index (χ4n) is 2.21. The molecule has 0 aliphatic heterocycles. The van der Waals surface area contributed by atoms with Crippen LogP contribution in [0, 0.1) is 13.8 Å². The number of ether oxygens (including phenoxy) is 1. The summed E-state index contributed by atoms with van der Waals surface area (Å²) in [5.74, 6) is 0.665. The van der Waals surface area contributed by atoms with Crippen LogP contribution in [0.5, 0.6) is 0 Å². The molecule has 0 amide bonds. The quantitative estimate of drug-likeness (QED) is 0.705. The highest BCUT2D eigenvalue weighted by Crippen LogP contribution is 2.10. The Morgan fingerprint density at radius 1 is 1.32 bits per heavy atom. The Morgan fingerprint density at radius 2 is 2.05 bits per heavy atom. The van der Waals surface area contributed by atoms with E-state index >= 15 is 0 Å². The molecule has 2 N–H and O–H groups in total. The van der Waals surface area contributed by atoms with Gasteiger partial charge in [-0.1, -0.05) is 0 Å². The van der Waals surface area contributed by atoms with Crippen molar-refractivity contribution in [2.24, 2.45) is 0 Å². The van der Waals surface area contributed by atoms with E-state index in [2.05, 4.69) is 15.3 Å². The van der Waals surface area contributed by atoms with Gasteiger partial charge in [0.25, 0.3) is 5.56 Å². The van der Waals surface area contributed by atoms with Gasteiger partial charge in [0.2, 0.25) is 0 Å². The van der Waals surface area contributed by atoms with Crippen LogP contribution in [0.2, 0.25) is 0 Å². The van der Waals surface area contributed by atoms with Gasteiger partial charge in [-0.05, 0) is 46.6 Å². The van der Waals surface area contributed by atoms with Crippen LogP contribution in [0.3, 0.4) is 0 Å². The standard InChI is InChI=1S/C14H25N3O2/c1-10(15-8-6-5-7-9-19-4)13-11(2)16-12(3)17-14(13)18/h10,15H,5-9H2,1-4H3,(H,16,17,18). The molecule has 0 aliphatic rings. The highest BCUT2D eigenvalue weighted by Gasteiger charge is 2.13. The van der Waals surface area contributed by atoms with E-state index in [0.717, 1.165) is 43.7 Å². The maximum absolute atomic E-state index is 11.9. The number of nitrogens with zero attached hydrogens (tertiary/aromatic N) is 1. The van der Waals surface area contributed by atoms with E-state index in [1.807, 2.05) is 13.8 Å². The van der Waals surface area contributed by atoms with Gasteiger partial charge in [0, 0.05) is 25.5 Å². The average molecular weight is 267 g/mol. The summed E-state index contributed by atoms with van der Waals surface area (Å²) in [7, 11) is 1.72. The molecule has 0 saturated carbocycles. The number of H-pyrrole nitrogens is 1. The van der Waals surface area contributed by atoms with E-state index in [9.17, 15) is 4.79 Å². The summed E-state index contributed by atoms with van der Waals surface area (Å²) in [6.45, 7) is 7.40. The van der Waals surface area contributed by atoms with Crippen molar-refractivity contribution in [2.45, 2.75) is 46.1 Å². The maximum Gasteiger partial charge on any atom is 0.255 e. The van der Waals surface area contributed by atoms with Crippen molar-refractivity contribution in [3.05, 3.63) is 27.4 Å². The minimum absolute atomic E-state index is 0.0271. The van der Waals surface area contributed by atoms with Gasteiger partial charge in [0.1, 0.15) is 5.82 Å². The lowest BCUT2D eigenvalue weighted by atomic mass is 10.1. The van der Waals surface area contributed by atoms with E-state index in [1.165, 1.54) is 0 Å². The molecule has 0 saturated heterocycles. The average Bonchev–Trinajstić information content (AvgIpc) is 2.32. The van der Waals surface area contributed by atoms with E-state index in [4.69, 9.17) is 4.74 Å². The van der Waals surface area contributed by atoms with Gasteiger partial charge in [-0.3, -0.25) is 4.79 Å². The number of hydrogen-bond acceptors (Lipinski definition) is 4. The summed E-state index contributed by atoms with van der Waals surface area (Å²) in [6.07, 6.45) is 3.30. The van der Waals surface area contributed by atoms with Gasteiger partial charge in [0.15, 0.2) is 0 Å². The Labute approximate surface area is 114 Å². The zero-order chi connectivity index (χ0) is 14.3. The first-order valence-electron chi connectivity index (χ1n) is 6.86. The summed E-state index contributed by atoms with van der Waals surface area (Å²) in [4.78, 5) is 19.0. The molecule has 1 aromatic rings. The predicted molar refractivity (Wildman–Crippen MR) is 76.5 cm³/mol. The summed E-state index contributed by atoms with van der Waals surface area (Å²) in [5.41, 5.74) is 1.51. The van der Waals surface area contributed by atoms with Crippen LogP contribution in [0.25, 0.3) is 0 Å². The van der Waals surface area contributed by atoms with E-state index in [0.29, 0.717) is 5.82 Å². The number of aryl methyl sites for hydroxylation is 2. The first kappa shape index (κ1) is 15.9. The largest absolute Gasteiger partial charge is 0.385 e. The molecule has 0 aromatic carbocycles. The van der Waals surface area contributed by atoms with Gasteiger partial charge in [-0.25, -0.2) is 4.98 Å². The Hall–Kier alpha value is -1.20. The van der Waals surface area contributed by atoms with E-state index in [1.54, 1.807) is 14.0 Å². The van der Waals surface area contributed by atoms with Gasteiger partial charge in [-0.15, -0.1) is 0 Å². The molecule has 1 heterocycles. The van der Waals surface area contributed by atoms with Crippen LogP contribution in [0.1, 0.15) is 49.3 Å². The second-order valence-electron chi connectivity index (χ2n) is 4.88. The number of rotatable bonds is 8. The summed E-state index contributed by atoms with van der Waals surface area (Å²) in [6, 6.07) is 0.0271. The summed E-state index contributed by atoms with van der Waals surface area (Å²) >= 11 is 0. The highest BCUT2D eigenvalue weighted by molar-refractivity contribution is 5.19. The SMILES string of the molecule is COCCCCCNC(C)c1c(C)nc(C)[nH]c1=O. The van der Waals surface area contributed by atoms with E-state index < -0.39 is 0 Å². The van der Waals surface area contributed by atoms with Crippen molar-refractivity contribution in [1.29, 1.82) is 0 Å². The second-order valence-corrected chi connectivity index (χ2v) is 4.88. The molecule has 108 valence electrons. The van der Waals surface area contributed by atoms with Crippen LogP contribution >= 0.6 is 0 Å². The van der Waals surface area contributed by atoms with Crippen molar-refractivity contribution in [2.75, 3.05) is 20.3 Å². The van der Waals surface area contributed by atoms with Crippen molar-refractivity contribution >= 4 is 0 Å². The molecule has 1 aromatic heterocycles. The zero-order valence-corrected chi connectivity index (χ0v) is 12.4. The van der Waals surface area contributed by atoms with Crippen LogP contribution in [0.15, 0.2) is 4.79 Å². The number of aromatic nitrogens is 2. The van der Waals surface area contributed by atoms with Gasteiger partial charge >= 0.3 is 0 Å². The molecule has 0 aliphatic carbocycles. The van der Waals surface area contributed by atoms with Gasteiger partial charge in [-0.2, -0.15) is 0 Å². The summed E-state index contributed by atoms with van der Waals surface area (Å²) in [5, 5.41) is 3.38.